The number of halogens is 3. The summed E-state index contributed by atoms with van der Waals surface area (Å²) >= 11 is 0. The molecule has 0 spiro atoms. The number of alkyl halides is 3. The molecule has 0 saturated heterocycles. The lowest BCUT2D eigenvalue weighted by atomic mass is 9.97. The molecular formula is C19H28F3N5O3S. The van der Waals surface area contributed by atoms with E-state index in [4.69, 9.17) is 0 Å². The fourth-order valence-corrected chi connectivity index (χ4v) is 5.21. The summed E-state index contributed by atoms with van der Waals surface area (Å²) in [4.78, 5) is 7.64. The molecule has 0 radical (unpaired) electrons. The lowest BCUT2D eigenvalue weighted by molar-refractivity contribution is -0.271. The van der Waals surface area contributed by atoms with Gasteiger partial charge in [-0.1, -0.05) is 0 Å². The van der Waals surface area contributed by atoms with Gasteiger partial charge in [0.15, 0.2) is 0 Å². The molecule has 0 aliphatic heterocycles. The molecule has 2 rings (SSSR count). The molecule has 8 nitrogen and oxygen atoms in total. The Morgan fingerprint density at radius 3 is 2.19 bits per heavy atom. The average Bonchev–Trinajstić information content (AvgIpc) is 3.06. The summed E-state index contributed by atoms with van der Waals surface area (Å²) in [5.41, 5.74) is -3.14. The highest BCUT2D eigenvalue weighted by molar-refractivity contribution is 7.89. The van der Waals surface area contributed by atoms with E-state index >= 15 is 0 Å². The molecule has 2 N–H and O–H groups in total. The first kappa shape index (κ1) is 25.1. The molecule has 1 unspecified atom stereocenters. The summed E-state index contributed by atoms with van der Waals surface area (Å²) in [7, 11) is -2.40. The van der Waals surface area contributed by atoms with E-state index in [0.29, 0.717) is 0 Å². The number of aliphatic hydroxyl groups is 1. The third-order valence-electron chi connectivity index (χ3n) is 4.78. The lowest BCUT2D eigenvalue weighted by Crippen LogP contribution is -2.45. The number of hydrogen-bond donors (Lipinski definition) is 2. The highest BCUT2D eigenvalue weighted by Crippen LogP contribution is 2.40. The van der Waals surface area contributed by atoms with Crippen LogP contribution in [0, 0.1) is 0 Å². The number of rotatable bonds is 9. The van der Waals surface area contributed by atoms with Crippen molar-refractivity contribution in [1.82, 2.24) is 18.8 Å². The molecule has 2 aromatic rings. The van der Waals surface area contributed by atoms with Gasteiger partial charge in [0.2, 0.25) is 15.6 Å². The van der Waals surface area contributed by atoms with Crippen LogP contribution in [0.15, 0.2) is 35.6 Å². The molecule has 1 atom stereocenters. The maximum atomic E-state index is 13.5. The van der Waals surface area contributed by atoms with Gasteiger partial charge in [-0.2, -0.15) is 17.5 Å². The molecule has 174 valence electrons. The number of aromatic nitrogens is 3. The van der Waals surface area contributed by atoms with Gasteiger partial charge in [-0.25, -0.2) is 18.4 Å². The van der Waals surface area contributed by atoms with Crippen LogP contribution in [0.5, 0.6) is 0 Å². The predicted molar refractivity (Wildman–Crippen MR) is 110 cm³/mol. The fraction of sp³-hybridized carbons (Fsp3) is 0.579. The zero-order valence-electron chi connectivity index (χ0n) is 18.1. The Hall–Kier alpha value is -2.18. The lowest BCUT2D eigenvalue weighted by Gasteiger charge is -2.30. The normalized spacial score (nSPS) is 15.0. The van der Waals surface area contributed by atoms with E-state index in [2.05, 4.69) is 15.3 Å². The van der Waals surface area contributed by atoms with Crippen molar-refractivity contribution >= 4 is 15.8 Å². The van der Waals surface area contributed by atoms with Crippen LogP contribution in [-0.4, -0.2) is 57.2 Å². The van der Waals surface area contributed by atoms with Gasteiger partial charge in [0.1, 0.15) is 16.5 Å². The zero-order chi connectivity index (χ0) is 23.6. The summed E-state index contributed by atoms with van der Waals surface area (Å²) < 4.78 is 68.8. The van der Waals surface area contributed by atoms with Crippen molar-refractivity contribution in [2.45, 2.75) is 62.9 Å². The van der Waals surface area contributed by atoms with E-state index in [1.807, 2.05) is 0 Å². The van der Waals surface area contributed by atoms with Gasteiger partial charge in [-0.05, 0) is 39.8 Å². The summed E-state index contributed by atoms with van der Waals surface area (Å²) in [6.07, 6.45) is -1.99. The molecule has 2 heterocycles. The maximum absolute atomic E-state index is 13.5. The molecule has 0 aliphatic carbocycles. The van der Waals surface area contributed by atoms with Crippen LogP contribution < -0.4 is 5.32 Å². The van der Waals surface area contributed by atoms with E-state index in [0.717, 1.165) is 10.8 Å². The van der Waals surface area contributed by atoms with Gasteiger partial charge in [-0.15, -0.1) is 0 Å². The van der Waals surface area contributed by atoms with Crippen molar-refractivity contribution in [2.75, 3.05) is 11.9 Å². The summed E-state index contributed by atoms with van der Waals surface area (Å²) in [5, 5.41) is 13.0. The topological polar surface area (TPSA) is 100 Å². The van der Waals surface area contributed by atoms with Crippen molar-refractivity contribution in [1.29, 1.82) is 0 Å². The van der Waals surface area contributed by atoms with Crippen LogP contribution in [-0.2, 0) is 22.7 Å². The number of anilines is 1. The second-order valence-corrected chi connectivity index (χ2v) is 9.64. The number of aryl methyl sites for hydroxylation is 1. The van der Waals surface area contributed by atoms with E-state index in [-0.39, 0.29) is 29.3 Å². The minimum Gasteiger partial charge on any atom is -0.374 e. The zero-order valence-corrected chi connectivity index (χ0v) is 18.9. The Morgan fingerprint density at radius 2 is 1.77 bits per heavy atom. The molecule has 0 saturated carbocycles. The van der Waals surface area contributed by atoms with Crippen LogP contribution in [0.2, 0.25) is 0 Å². The maximum Gasteiger partial charge on any atom is 0.424 e. The number of pyridine rings is 1. The van der Waals surface area contributed by atoms with Crippen LogP contribution in [0.1, 0.15) is 39.9 Å². The van der Waals surface area contributed by atoms with Crippen molar-refractivity contribution in [3.8, 4) is 0 Å². The molecule has 0 bridgehead atoms. The SMILES string of the molecule is CC(C)N(C(C)C)S(=O)(=O)c1ccc(NCCC(O)(c2nccn2C)C(F)(F)F)nc1. The molecular weight excluding hydrogens is 435 g/mol. The van der Waals surface area contributed by atoms with Crippen molar-refractivity contribution in [2.24, 2.45) is 7.05 Å². The third-order valence-corrected chi connectivity index (χ3v) is 7.02. The highest BCUT2D eigenvalue weighted by Gasteiger charge is 2.57. The number of imidazole rings is 1. The number of sulfonamides is 1. The first-order chi connectivity index (χ1) is 14.2. The van der Waals surface area contributed by atoms with Gasteiger partial charge in [0.25, 0.3) is 0 Å². The minimum atomic E-state index is -4.93. The predicted octanol–water partition coefficient (Wildman–Crippen LogP) is 2.87. The van der Waals surface area contributed by atoms with Crippen molar-refractivity contribution in [3.05, 3.63) is 36.5 Å². The van der Waals surface area contributed by atoms with Gasteiger partial charge >= 0.3 is 6.18 Å². The second kappa shape index (κ2) is 9.13. The first-order valence-electron chi connectivity index (χ1n) is 9.72. The monoisotopic (exact) mass is 463 g/mol. The average molecular weight is 464 g/mol. The Labute approximate surface area is 180 Å². The largest absolute Gasteiger partial charge is 0.424 e. The molecule has 0 fully saturated rings. The van der Waals surface area contributed by atoms with Gasteiger partial charge < -0.3 is 15.0 Å². The minimum absolute atomic E-state index is 0.0137. The fourth-order valence-electron chi connectivity index (χ4n) is 3.43. The van der Waals surface area contributed by atoms with Crippen molar-refractivity contribution in [3.63, 3.8) is 0 Å². The van der Waals surface area contributed by atoms with E-state index in [1.165, 1.54) is 35.9 Å². The molecule has 2 aromatic heterocycles. The van der Waals surface area contributed by atoms with Gasteiger partial charge in [0, 0.05) is 50.7 Å². The van der Waals surface area contributed by atoms with Crippen LogP contribution >= 0.6 is 0 Å². The van der Waals surface area contributed by atoms with Gasteiger partial charge in [-0.3, -0.25) is 0 Å². The number of nitrogens with one attached hydrogen (secondary N) is 1. The smallest absolute Gasteiger partial charge is 0.374 e. The standard InChI is InChI=1S/C19H28F3N5O3S/c1-13(2)27(14(3)4)31(29,30)15-6-7-16(25-12-15)23-9-8-18(28,19(20,21)22)17-24-10-11-26(17)5/h6-7,10-14,28H,8-9H2,1-5H3,(H,23,25). The molecule has 0 aromatic carbocycles. The van der Waals surface area contributed by atoms with Crippen LogP contribution in [0.25, 0.3) is 0 Å². The number of nitrogens with zero attached hydrogens (tertiary/aromatic N) is 4. The van der Waals surface area contributed by atoms with Crippen LogP contribution in [0.3, 0.4) is 0 Å². The van der Waals surface area contributed by atoms with Crippen molar-refractivity contribution < 1.29 is 26.7 Å². The summed E-state index contributed by atoms with van der Waals surface area (Å²) in [6, 6.07) is 2.21. The Balaban J connectivity index is 2.14. The molecule has 0 amide bonds. The molecule has 31 heavy (non-hydrogen) atoms. The Morgan fingerprint density at radius 1 is 1.16 bits per heavy atom. The summed E-state index contributed by atoms with van der Waals surface area (Å²) in [6.45, 7) is 6.80. The van der Waals surface area contributed by atoms with E-state index in [9.17, 15) is 26.7 Å². The Kier molecular flexibility index (Phi) is 7.39. The molecule has 0 aliphatic rings. The quantitative estimate of drug-likeness (QED) is 0.593. The van der Waals surface area contributed by atoms with Gasteiger partial charge in [0.05, 0.1) is 0 Å². The van der Waals surface area contributed by atoms with Crippen LogP contribution in [0.4, 0.5) is 19.0 Å². The first-order valence-corrected chi connectivity index (χ1v) is 11.2. The highest BCUT2D eigenvalue weighted by atomic mass is 32.2. The molecule has 12 heteroatoms. The summed E-state index contributed by atoms with van der Waals surface area (Å²) in [5.74, 6) is -0.331. The van der Waals surface area contributed by atoms with E-state index < -0.39 is 34.0 Å². The second-order valence-electron chi connectivity index (χ2n) is 7.80. The van der Waals surface area contributed by atoms with E-state index in [1.54, 1.807) is 27.7 Å². The number of hydrogen-bond acceptors (Lipinski definition) is 6. The third kappa shape index (κ3) is 5.18. The Bertz CT molecular complexity index is 966.